The summed E-state index contributed by atoms with van der Waals surface area (Å²) in [6, 6.07) is 11.7. The van der Waals surface area contributed by atoms with Crippen LogP contribution in [0.2, 0.25) is 5.02 Å². The van der Waals surface area contributed by atoms with Crippen molar-refractivity contribution >= 4 is 34.6 Å². The van der Waals surface area contributed by atoms with Crippen LogP contribution in [0, 0.1) is 6.92 Å². The first-order valence-corrected chi connectivity index (χ1v) is 10.8. The Hall–Kier alpha value is -2.77. The van der Waals surface area contributed by atoms with E-state index in [1.54, 1.807) is 20.4 Å². The van der Waals surface area contributed by atoms with Crippen molar-refractivity contribution in [3.63, 3.8) is 0 Å². The average molecular weight is 459 g/mol. The largest absolute Gasteiger partial charge is 0.497 e. The summed E-state index contributed by atoms with van der Waals surface area (Å²) in [4.78, 5) is 6.22. The van der Waals surface area contributed by atoms with E-state index < -0.39 is 0 Å². The molecule has 0 fully saturated rings. The van der Waals surface area contributed by atoms with Crippen molar-refractivity contribution in [3.05, 3.63) is 71.3 Å². The third-order valence-electron chi connectivity index (χ3n) is 4.98. The molecule has 31 heavy (non-hydrogen) atoms. The number of halogens is 1. The summed E-state index contributed by atoms with van der Waals surface area (Å²) in [6.07, 6.45) is 6.46. The van der Waals surface area contributed by atoms with Crippen LogP contribution in [0.4, 0.5) is 5.69 Å². The molecule has 1 heterocycles. The number of methoxy groups -OCH3 is 2. The Morgan fingerprint density at radius 1 is 1.23 bits per heavy atom. The zero-order valence-corrected chi connectivity index (χ0v) is 19.5. The molecule has 1 aromatic heterocycles. The lowest BCUT2D eigenvalue weighted by atomic mass is 10.1. The number of ether oxygens (including phenoxy) is 2. The topological polar surface area (TPSA) is 51.5 Å². The number of aryl methyl sites for hydroxylation is 2. The number of thiocarbonyl (C=S) groups is 1. The Morgan fingerprint density at radius 3 is 2.77 bits per heavy atom. The van der Waals surface area contributed by atoms with Crippen molar-refractivity contribution < 1.29 is 9.47 Å². The fourth-order valence-corrected chi connectivity index (χ4v) is 3.68. The standard InChI is InChI=1S/C23H27ClN4O2S/c1-17-6-4-7-20(22(17)24)26-23(31)28(12-5-11-27-13-10-25-16-27)15-18-8-9-19(29-2)14-21(18)30-3/h4,6-10,13-14,16H,5,11-12,15H2,1-3H3,(H,26,31). The van der Waals surface area contributed by atoms with E-state index in [-0.39, 0.29) is 0 Å². The van der Waals surface area contributed by atoms with Crippen LogP contribution in [0.1, 0.15) is 17.5 Å². The number of aromatic nitrogens is 2. The monoisotopic (exact) mass is 458 g/mol. The van der Waals surface area contributed by atoms with Gasteiger partial charge in [0.05, 0.1) is 31.3 Å². The molecule has 0 spiro atoms. The van der Waals surface area contributed by atoms with Gasteiger partial charge in [0.15, 0.2) is 5.11 Å². The SMILES string of the molecule is COc1ccc(CN(CCCn2ccnc2)C(=S)Nc2cccc(C)c2Cl)c(OC)c1. The van der Waals surface area contributed by atoms with Crippen LogP contribution in [-0.4, -0.2) is 40.3 Å². The fourth-order valence-electron chi connectivity index (χ4n) is 3.24. The second kappa shape index (κ2) is 11.0. The summed E-state index contributed by atoms with van der Waals surface area (Å²) >= 11 is 12.2. The predicted molar refractivity (Wildman–Crippen MR) is 129 cm³/mol. The van der Waals surface area contributed by atoms with E-state index in [0.29, 0.717) is 16.7 Å². The summed E-state index contributed by atoms with van der Waals surface area (Å²) in [5.41, 5.74) is 2.82. The molecule has 0 saturated carbocycles. The van der Waals surface area contributed by atoms with Crippen LogP contribution in [0.5, 0.6) is 11.5 Å². The lowest BCUT2D eigenvalue weighted by Crippen LogP contribution is -2.35. The molecule has 1 N–H and O–H groups in total. The van der Waals surface area contributed by atoms with Gasteiger partial charge in [0, 0.05) is 43.7 Å². The highest BCUT2D eigenvalue weighted by molar-refractivity contribution is 7.80. The van der Waals surface area contributed by atoms with Gasteiger partial charge in [0.2, 0.25) is 0 Å². The number of nitrogens with zero attached hydrogens (tertiary/aromatic N) is 3. The molecule has 8 heteroatoms. The van der Waals surface area contributed by atoms with Gasteiger partial charge >= 0.3 is 0 Å². The molecule has 0 bridgehead atoms. The van der Waals surface area contributed by atoms with Gasteiger partial charge in [-0.1, -0.05) is 23.7 Å². The van der Waals surface area contributed by atoms with E-state index in [2.05, 4.69) is 19.8 Å². The highest BCUT2D eigenvalue weighted by atomic mass is 35.5. The van der Waals surface area contributed by atoms with Gasteiger partial charge in [0.25, 0.3) is 0 Å². The van der Waals surface area contributed by atoms with Gasteiger partial charge in [-0.2, -0.15) is 0 Å². The van der Waals surface area contributed by atoms with Gasteiger partial charge in [-0.3, -0.25) is 0 Å². The highest BCUT2D eigenvalue weighted by Gasteiger charge is 2.15. The van der Waals surface area contributed by atoms with Gasteiger partial charge < -0.3 is 24.3 Å². The van der Waals surface area contributed by atoms with Gasteiger partial charge in [-0.05, 0) is 49.3 Å². The van der Waals surface area contributed by atoms with E-state index in [9.17, 15) is 0 Å². The number of hydrogen-bond acceptors (Lipinski definition) is 4. The molecule has 2 aromatic carbocycles. The van der Waals surface area contributed by atoms with Crippen LogP contribution in [0.15, 0.2) is 55.1 Å². The van der Waals surface area contributed by atoms with Gasteiger partial charge in [0.1, 0.15) is 11.5 Å². The van der Waals surface area contributed by atoms with Crippen molar-refractivity contribution in [2.45, 2.75) is 26.4 Å². The van der Waals surface area contributed by atoms with Crippen LogP contribution in [0.25, 0.3) is 0 Å². The Kier molecular flexibility index (Phi) is 8.14. The minimum atomic E-state index is 0.590. The Bertz CT molecular complexity index is 1010. The molecule has 0 aliphatic heterocycles. The molecule has 0 aliphatic carbocycles. The molecule has 0 aliphatic rings. The number of nitrogens with one attached hydrogen (secondary N) is 1. The van der Waals surface area contributed by atoms with Gasteiger partial charge in [-0.15, -0.1) is 0 Å². The quantitative estimate of drug-likeness (QED) is 0.447. The summed E-state index contributed by atoms with van der Waals surface area (Å²) < 4.78 is 13.0. The number of rotatable bonds is 9. The van der Waals surface area contributed by atoms with E-state index in [0.717, 1.165) is 47.8 Å². The Labute approximate surface area is 193 Å². The van der Waals surface area contributed by atoms with Crippen LogP contribution in [0.3, 0.4) is 0 Å². The second-order valence-corrected chi connectivity index (χ2v) is 7.88. The molecule has 0 radical (unpaired) electrons. The normalized spacial score (nSPS) is 10.6. The number of hydrogen-bond donors (Lipinski definition) is 1. The maximum Gasteiger partial charge on any atom is 0.173 e. The number of benzene rings is 2. The summed E-state index contributed by atoms with van der Waals surface area (Å²) in [5, 5.41) is 4.59. The first kappa shape index (κ1) is 22.9. The second-order valence-electron chi connectivity index (χ2n) is 7.12. The highest BCUT2D eigenvalue weighted by Crippen LogP contribution is 2.28. The zero-order valence-electron chi connectivity index (χ0n) is 18.0. The summed E-state index contributed by atoms with van der Waals surface area (Å²) in [5.74, 6) is 1.51. The molecule has 0 saturated heterocycles. The lowest BCUT2D eigenvalue weighted by Gasteiger charge is -2.27. The van der Waals surface area contributed by atoms with Crippen molar-refractivity contribution in [2.24, 2.45) is 0 Å². The molecular formula is C23H27ClN4O2S. The Morgan fingerprint density at radius 2 is 2.06 bits per heavy atom. The van der Waals surface area contributed by atoms with E-state index in [4.69, 9.17) is 33.3 Å². The Balaban J connectivity index is 1.78. The first-order chi connectivity index (χ1) is 15.0. The zero-order chi connectivity index (χ0) is 22.2. The minimum absolute atomic E-state index is 0.590. The van der Waals surface area contributed by atoms with Crippen LogP contribution < -0.4 is 14.8 Å². The molecule has 6 nitrogen and oxygen atoms in total. The molecular weight excluding hydrogens is 432 g/mol. The van der Waals surface area contributed by atoms with E-state index in [1.807, 2.05) is 55.8 Å². The van der Waals surface area contributed by atoms with Gasteiger partial charge in [-0.25, -0.2) is 4.98 Å². The smallest absolute Gasteiger partial charge is 0.173 e. The number of anilines is 1. The molecule has 0 unspecified atom stereocenters. The van der Waals surface area contributed by atoms with Crippen molar-refractivity contribution in [3.8, 4) is 11.5 Å². The van der Waals surface area contributed by atoms with Crippen molar-refractivity contribution in [1.82, 2.24) is 14.5 Å². The average Bonchev–Trinajstić information content (AvgIpc) is 3.29. The van der Waals surface area contributed by atoms with Crippen molar-refractivity contribution in [2.75, 3.05) is 26.1 Å². The molecule has 164 valence electrons. The lowest BCUT2D eigenvalue weighted by molar-refractivity contribution is 0.366. The fraction of sp³-hybridized carbons (Fsp3) is 0.304. The third-order valence-corrected chi connectivity index (χ3v) is 5.84. The summed E-state index contributed by atoms with van der Waals surface area (Å²) in [7, 11) is 3.30. The van der Waals surface area contributed by atoms with E-state index >= 15 is 0 Å². The molecule has 3 rings (SSSR count). The molecule has 0 amide bonds. The van der Waals surface area contributed by atoms with Crippen molar-refractivity contribution in [1.29, 1.82) is 0 Å². The van der Waals surface area contributed by atoms with E-state index in [1.165, 1.54) is 0 Å². The van der Waals surface area contributed by atoms with Crippen LogP contribution in [-0.2, 0) is 13.1 Å². The first-order valence-electron chi connectivity index (χ1n) is 9.99. The maximum atomic E-state index is 6.47. The molecule has 3 aromatic rings. The predicted octanol–water partition coefficient (Wildman–Crippen LogP) is 5.15. The summed E-state index contributed by atoms with van der Waals surface area (Å²) in [6.45, 7) is 4.17. The number of imidazole rings is 1. The van der Waals surface area contributed by atoms with Crippen LogP contribution >= 0.6 is 23.8 Å². The maximum absolute atomic E-state index is 6.47. The third kappa shape index (κ3) is 6.12. The minimum Gasteiger partial charge on any atom is -0.497 e. The molecule has 0 atom stereocenters.